The molecule has 0 unspecified atom stereocenters. The molecule has 2 aliphatic rings. The van der Waals surface area contributed by atoms with E-state index >= 15 is 0 Å². The summed E-state index contributed by atoms with van der Waals surface area (Å²) in [4.78, 5) is 4.96. The molecular formula is C59H48N2OS. The number of hydrogen-bond donors (Lipinski definition) is 1. The highest BCUT2D eigenvalue weighted by Gasteiger charge is 2.40. The Hall–Kier alpha value is -6.75. The van der Waals surface area contributed by atoms with E-state index in [4.69, 9.17) is 4.42 Å². The van der Waals surface area contributed by atoms with Crippen molar-refractivity contribution >= 4 is 83.7 Å². The van der Waals surface area contributed by atoms with E-state index < -0.39 is 0 Å². The van der Waals surface area contributed by atoms with Crippen LogP contribution in [0, 0.1) is 6.92 Å². The predicted octanol–water partition coefficient (Wildman–Crippen LogP) is 17.6. The molecule has 4 heteroatoms. The number of nitrogens with one attached hydrogen (secondary N) is 1. The first-order valence-corrected chi connectivity index (χ1v) is 23.0. The number of benzene rings is 9. The van der Waals surface area contributed by atoms with E-state index in [1.165, 1.54) is 82.5 Å². The summed E-state index contributed by atoms with van der Waals surface area (Å²) in [7, 11) is 0. The zero-order valence-corrected chi connectivity index (χ0v) is 37.2. The first-order chi connectivity index (χ1) is 30.6. The minimum atomic E-state index is 0.0361. The second-order valence-corrected chi connectivity index (χ2v) is 20.0. The van der Waals surface area contributed by atoms with E-state index in [0.29, 0.717) is 0 Å². The van der Waals surface area contributed by atoms with Crippen LogP contribution in [0.3, 0.4) is 0 Å². The minimum Gasteiger partial charge on any atom is -0.454 e. The van der Waals surface area contributed by atoms with E-state index in [1.807, 2.05) is 11.8 Å². The molecule has 306 valence electrons. The highest BCUT2D eigenvalue weighted by Crippen LogP contribution is 2.61. The number of aryl methyl sites for hydroxylation is 1. The van der Waals surface area contributed by atoms with Crippen molar-refractivity contribution in [3.05, 3.63) is 187 Å². The fourth-order valence-electron chi connectivity index (χ4n) is 10.4. The molecule has 1 aliphatic carbocycles. The van der Waals surface area contributed by atoms with Crippen LogP contribution in [0.5, 0.6) is 0 Å². The Morgan fingerprint density at radius 2 is 1.17 bits per heavy atom. The quantitative estimate of drug-likeness (QED) is 0.187. The van der Waals surface area contributed by atoms with Gasteiger partial charge in [0.15, 0.2) is 5.58 Å². The van der Waals surface area contributed by atoms with Gasteiger partial charge in [-0.05, 0) is 117 Å². The summed E-state index contributed by atoms with van der Waals surface area (Å²) in [6, 6.07) is 62.3. The van der Waals surface area contributed by atoms with Gasteiger partial charge in [0.2, 0.25) is 0 Å². The van der Waals surface area contributed by atoms with E-state index in [-0.39, 0.29) is 10.8 Å². The lowest BCUT2D eigenvalue weighted by Gasteiger charge is -2.43. The number of anilines is 5. The van der Waals surface area contributed by atoms with Crippen LogP contribution in [0.2, 0.25) is 0 Å². The summed E-state index contributed by atoms with van der Waals surface area (Å²) in [6.07, 6.45) is 2.32. The van der Waals surface area contributed by atoms with Crippen LogP contribution in [0.25, 0.3) is 65.7 Å². The summed E-state index contributed by atoms with van der Waals surface area (Å²) < 4.78 is 7.10. The molecule has 12 rings (SSSR count). The van der Waals surface area contributed by atoms with Crippen LogP contribution in [-0.4, -0.2) is 0 Å². The maximum atomic E-state index is 7.10. The van der Waals surface area contributed by atoms with Crippen LogP contribution < -0.4 is 10.2 Å². The van der Waals surface area contributed by atoms with Crippen molar-refractivity contribution in [3.8, 4) is 22.3 Å². The van der Waals surface area contributed by atoms with Crippen LogP contribution in [0.15, 0.2) is 184 Å². The molecule has 0 fully saturated rings. The maximum Gasteiger partial charge on any atom is 0.160 e. The molecule has 1 aromatic heterocycles. The van der Waals surface area contributed by atoms with Crippen molar-refractivity contribution in [2.24, 2.45) is 0 Å². The Morgan fingerprint density at radius 3 is 1.94 bits per heavy atom. The number of para-hydroxylation sites is 1. The second kappa shape index (κ2) is 14.1. The third-order valence-electron chi connectivity index (χ3n) is 14.0. The lowest BCUT2D eigenvalue weighted by molar-refractivity contribution is 0.332. The van der Waals surface area contributed by atoms with Crippen molar-refractivity contribution in [1.82, 2.24) is 0 Å². The SMILES string of the molecule is Cc1cc2c(cc1N1c3cc4ccccc4cc3Sc3c(-c4ccc5ccccc5c4Nc4ccc(-c5ccccc5)cc4)cc4c(oc5ccccc54)c31)C(C)(C)CCC2(C)C. The number of fused-ring (bicyclic) bond motifs is 9. The fraction of sp³-hybridized carbons (Fsp3) is 0.153. The molecule has 9 aromatic carbocycles. The first kappa shape index (κ1) is 38.0. The Morgan fingerprint density at radius 1 is 0.540 bits per heavy atom. The van der Waals surface area contributed by atoms with Crippen LogP contribution in [-0.2, 0) is 10.8 Å². The molecule has 0 atom stereocenters. The molecule has 0 radical (unpaired) electrons. The standard InChI is InChI=1S/C59H48N2OS/c1-36-31-48-49(59(4,5)30-29-58(48,2)3)35-50(36)61-51-32-40-18-9-10-19-41(40)33-53(51)63-57-47(34-46-44-21-13-14-22-52(44)62-56(46)55(57)61)45-28-25-39-17-11-12-20-43(39)54(45)60-42-26-23-38(24-27-42)37-15-7-6-8-16-37/h6-28,31-35,60H,29-30H2,1-5H3. The molecule has 1 N–H and O–H groups in total. The minimum absolute atomic E-state index is 0.0361. The van der Waals surface area contributed by atoms with Gasteiger partial charge in [0.1, 0.15) is 11.3 Å². The van der Waals surface area contributed by atoms with Gasteiger partial charge in [-0.25, -0.2) is 0 Å². The van der Waals surface area contributed by atoms with Gasteiger partial charge in [-0.15, -0.1) is 0 Å². The van der Waals surface area contributed by atoms with Crippen molar-refractivity contribution in [3.63, 3.8) is 0 Å². The molecule has 1 aliphatic heterocycles. The zero-order valence-electron chi connectivity index (χ0n) is 36.3. The van der Waals surface area contributed by atoms with Crippen LogP contribution in [0.1, 0.15) is 57.2 Å². The van der Waals surface area contributed by atoms with Gasteiger partial charge in [0.25, 0.3) is 0 Å². The van der Waals surface area contributed by atoms with E-state index in [0.717, 1.165) is 51.0 Å². The van der Waals surface area contributed by atoms with Gasteiger partial charge in [-0.1, -0.05) is 167 Å². The van der Waals surface area contributed by atoms with E-state index in [9.17, 15) is 0 Å². The largest absolute Gasteiger partial charge is 0.454 e. The second-order valence-electron chi connectivity index (χ2n) is 18.9. The number of hydrogen-bond acceptors (Lipinski definition) is 4. The Bertz CT molecular complexity index is 3470. The maximum absolute atomic E-state index is 7.10. The van der Waals surface area contributed by atoms with Gasteiger partial charge in [0, 0.05) is 48.5 Å². The van der Waals surface area contributed by atoms with E-state index in [1.54, 1.807) is 0 Å². The molecule has 63 heavy (non-hydrogen) atoms. The third-order valence-corrected chi connectivity index (χ3v) is 15.2. The van der Waals surface area contributed by atoms with Crippen molar-refractivity contribution < 1.29 is 4.42 Å². The summed E-state index contributed by atoms with van der Waals surface area (Å²) in [5, 5.41) is 11.0. The molecule has 0 bridgehead atoms. The highest BCUT2D eigenvalue weighted by molar-refractivity contribution is 8.00. The zero-order chi connectivity index (χ0) is 42.6. The van der Waals surface area contributed by atoms with Crippen molar-refractivity contribution in [2.75, 3.05) is 10.2 Å². The molecule has 0 amide bonds. The predicted molar refractivity (Wildman–Crippen MR) is 268 cm³/mol. The summed E-state index contributed by atoms with van der Waals surface area (Å²) in [5.74, 6) is 0. The average molecular weight is 833 g/mol. The third kappa shape index (κ3) is 6.10. The van der Waals surface area contributed by atoms with Gasteiger partial charge in [-0.2, -0.15) is 0 Å². The molecule has 3 nitrogen and oxygen atoms in total. The molecular weight excluding hydrogens is 785 g/mol. The number of furan rings is 1. The molecule has 0 spiro atoms. The van der Waals surface area contributed by atoms with Crippen LogP contribution >= 0.6 is 11.8 Å². The van der Waals surface area contributed by atoms with Gasteiger partial charge >= 0.3 is 0 Å². The van der Waals surface area contributed by atoms with Gasteiger partial charge in [-0.3, -0.25) is 0 Å². The monoisotopic (exact) mass is 832 g/mol. The topological polar surface area (TPSA) is 28.4 Å². The van der Waals surface area contributed by atoms with Gasteiger partial charge in [0.05, 0.1) is 11.4 Å². The Balaban J connectivity index is 1.16. The van der Waals surface area contributed by atoms with Crippen molar-refractivity contribution in [2.45, 2.75) is 68.1 Å². The first-order valence-electron chi connectivity index (χ1n) is 22.2. The molecule has 10 aromatic rings. The van der Waals surface area contributed by atoms with E-state index in [2.05, 4.69) is 215 Å². The van der Waals surface area contributed by atoms with Crippen LogP contribution in [0.4, 0.5) is 28.4 Å². The lowest BCUT2D eigenvalue weighted by Crippen LogP contribution is -2.34. The fourth-order valence-corrected chi connectivity index (χ4v) is 11.6. The van der Waals surface area contributed by atoms with Gasteiger partial charge < -0.3 is 14.6 Å². The highest BCUT2D eigenvalue weighted by atomic mass is 32.2. The number of nitrogens with zero attached hydrogens (tertiary/aromatic N) is 1. The smallest absolute Gasteiger partial charge is 0.160 e. The molecule has 0 saturated heterocycles. The molecule has 0 saturated carbocycles. The Kier molecular flexibility index (Phi) is 8.52. The summed E-state index contributed by atoms with van der Waals surface area (Å²) in [5.41, 5.74) is 16.4. The normalized spacial score (nSPS) is 15.1. The molecule has 2 heterocycles. The summed E-state index contributed by atoms with van der Waals surface area (Å²) in [6.45, 7) is 12.0. The average Bonchev–Trinajstić information content (AvgIpc) is 3.68. The Labute approximate surface area is 373 Å². The lowest BCUT2D eigenvalue weighted by atomic mass is 9.63. The van der Waals surface area contributed by atoms with Crippen molar-refractivity contribution in [1.29, 1.82) is 0 Å². The summed E-state index contributed by atoms with van der Waals surface area (Å²) >= 11 is 1.87. The number of rotatable bonds is 5.